The van der Waals surface area contributed by atoms with Gasteiger partial charge in [-0.3, -0.25) is 4.79 Å². The van der Waals surface area contributed by atoms with Crippen molar-refractivity contribution in [3.8, 4) is 11.6 Å². The Bertz CT molecular complexity index is 541. The lowest BCUT2D eigenvalue weighted by Gasteiger charge is -2.06. The lowest BCUT2D eigenvalue weighted by atomic mass is 10.2. The van der Waals surface area contributed by atoms with E-state index in [2.05, 4.69) is 5.10 Å². The normalized spacial score (nSPS) is 10.3. The van der Waals surface area contributed by atoms with Crippen LogP contribution in [0.1, 0.15) is 18.2 Å². The summed E-state index contributed by atoms with van der Waals surface area (Å²) < 4.78 is 6.73. The van der Waals surface area contributed by atoms with Crippen molar-refractivity contribution in [1.29, 1.82) is 0 Å². The Morgan fingerprint density at radius 2 is 1.88 bits per heavy atom. The largest absolute Gasteiger partial charge is 0.408 e. The van der Waals surface area contributed by atoms with Crippen molar-refractivity contribution < 1.29 is 9.53 Å². The molecule has 4 heteroatoms. The third kappa shape index (κ3) is 2.53. The first kappa shape index (κ1) is 11.4. The fourth-order valence-corrected chi connectivity index (χ4v) is 1.57. The number of nitrogens with zero attached hydrogens (tertiary/aromatic N) is 2. The van der Waals surface area contributed by atoms with Crippen LogP contribution >= 0.6 is 0 Å². The molecule has 0 aliphatic carbocycles. The van der Waals surface area contributed by atoms with Gasteiger partial charge in [-0.2, -0.15) is 5.10 Å². The van der Waals surface area contributed by atoms with Gasteiger partial charge in [0.2, 0.25) is 5.88 Å². The summed E-state index contributed by atoms with van der Waals surface area (Å²) in [5.41, 5.74) is 2.86. The third-order valence-corrected chi connectivity index (χ3v) is 2.33. The van der Waals surface area contributed by atoms with Crippen LogP contribution < -0.4 is 4.74 Å². The monoisotopic (exact) mass is 230 g/mol. The highest BCUT2D eigenvalue weighted by Crippen LogP contribution is 2.19. The average molecular weight is 230 g/mol. The molecule has 0 unspecified atom stereocenters. The number of hydrogen-bond acceptors (Lipinski definition) is 3. The quantitative estimate of drug-likeness (QED) is 0.744. The van der Waals surface area contributed by atoms with Gasteiger partial charge >= 0.3 is 5.97 Å². The smallest absolute Gasteiger partial charge is 0.309 e. The van der Waals surface area contributed by atoms with Crippen LogP contribution in [0.5, 0.6) is 5.88 Å². The van der Waals surface area contributed by atoms with Crippen molar-refractivity contribution >= 4 is 5.97 Å². The summed E-state index contributed by atoms with van der Waals surface area (Å²) in [7, 11) is 0. The molecule has 1 aromatic carbocycles. The highest BCUT2D eigenvalue weighted by molar-refractivity contribution is 5.69. The zero-order chi connectivity index (χ0) is 12.4. The fourth-order valence-electron chi connectivity index (χ4n) is 1.57. The van der Waals surface area contributed by atoms with Crippen LogP contribution in [0.25, 0.3) is 5.69 Å². The van der Waals surface area contributed by atoms with E-state index >= 15 is 0 Å². The van der Waals surface area contributed by atoms with Crippen molar-refractivity contribution in [2.75, 3.05) is 0 Å². The summed E-state index contributed by atoms with van der Waals surface area (Å²) in [6.07, 6.45) is 0. The predicted octanol–water partition coefficient (Wildman–Crippen LogP) is 2.41. The Morgan fingerprint density at radius 3 is 2.47 bits per heavy atom. The Balaban J connectivity index is 2.43. The number of carbonyl (C=O) groups is 1. The fraction of sp³-hybridized carbons (Fsp3) is 0.231. The summed E-state index contributed by atoms with van der Waals surface area (Å²) in [4.78, 5) is 11.0. The van der Waals surface area contributed by atoms with Gasteiger partial charge in [0.15, 0.2) is 0 Å². The van der Waals surface area contributed by atoms with Gasteiger partial charge < -0.3 is 4.74 Å². The van der Waals surface area contributed by atoms with Gasteiger partial charge in [0, 0.05) is 13.0 Å². The van der Waals surface area contributed by atoms with E-state index in [0.29, 0.717) is 5.88 Å². The molecule has 0 aliphatic rings. The van der Waals surface area contributed by atoms with E-state index in [1.54, 1.807) is 10.7 Å². The van der Waals surface area contributed by atoms with E-state index in [4.69, 9.17) is 4.74 Å². The Hall–Kier alpha value is -2.10. The molecule has 0 spiro atoms. The van der Waals surface area contributed by atoms with Crippen molar-refractivity contribution in [3.05, 3.63) is 41.6 Å². The number of ether oxygens (including phenoxy) is 1. The molecule has 1 heterocycles. The number of aryl methyl sites for hydroxylation is 2. The molecule has 2 aromatic rings. The molecule has 88 valence electrons. The number of esters is 1. The number of aromatic nitrogens is 2. The van der Waals surface area contributed by atoms with E-state index in [9.17, 15) is 4.79 Å². The predicted molar refractivity (Wildman–Crippen MR) is 64.3 cm³/mol. The van der Waals surface area contributed by atoms with Crippen LogP contribution in [0.15, 0.2) is 30.3 Å². The lowest BCUT2D eigenvalue weighted by Crippen LogP contribution is -2.07. The minimum Gasteiger partial charge on any atom is -0.408 e. The van der Waals surface area contributed by atoms with Gasteiger partial charge in [-0.25, -0.2) is 4.68 Å². The van der Waals surface area contributed by atoms with Crippen LogP contribution in [0.2, 0.25) is 0 Å². The molecule has 0 amide bonds. The number of carbonyl (C=O) groups excluding carboxylic acids is 1. The SMILES string of the molecule is CC(=O)Oc1cc(C)nn1-c1ccc(C)cc1. The molecule has 0 radical (unpaired) electrons. The van der Waals surface area contributed by atoms with Crippen LogP contribution in [-0.4, -0.2) is 15.7 Å². The van der Waals surface area contributed by atoms with Crippen LogP contribution in [-0.2, 0) is 4.79 Å². The van der Waals surface area contributed by atoms with E-state index in [1.165, 1.54) is 12.5 Å². The van der Waals surface area contributed by atoms with E-state index in [1.807, 2.05) is 38.1 Å². The van der Waals surface area contributed by atoms with Crippen LogP contribution in [0, 0.1) is 13.8 Å². The average Bonchev–Trinajstić information content (AvgIpc) is 2.59. The Morgan fingerprint density at radius 1 is 1.24 bits per heavy atom. The van der Waals surface area contributed by atoms with E-state index in [0.717, 1.165) is 11.4 Å². The molecule has 0 saturated carbocycles. The highest BCUT2D eigenvalue weighted by atomic mass is 16.5. The molecule has 2 rings (SSSR count). The molecular weight excluding hydrogens is 216 g/mol. The number of rotatable bonds is 2. The zero-order valence-electron chi connectivity index (χ0n) is 10.1. The van der Waals surface area contributed by atoms with Gasteiger partial charge in [-0.1, -0.05) is 17.7 Å². The molecular formula is C13H14N2O2. The molecule has 17 heavy (non-hydrogen) atoms. The minimum atomic E-state index is -0.349. The molecule has 0 atom stereocenters. The van der Waals surface area contributed by atoms with Gasteiger partial charge in [-0.15, -0.1) is 0 Å². The van der Waals surface area contributed by atoms with Crippen molar-refractivity contribution in [3.63, 3.8) is 0 Å². The molecule has 1 aromatic heterocycles. The van der Waals surface area contributed by atoms with Crippen LogP contribution in [0.4, 0.5) is 0 Å². The molecule has 4 nitrogen and oxygen atoms in total. The maximum absolute atomic E-state index is 11.0. The van der Waals surface area contributed by atoms with E-state index in [-0.39, 0.29) is 5.97 Å². The minimum absolute atomic E-state index is 0.349. The second kappa shape index (κ2) is 4.41. The summed E-state index contributed by atoms with van der Waals surface area (Å²) >= 11 is 0. The Labute approximate surface area is 99.8 Å². The van der Waals surface area contributed by atoms with Crippen molar-refractivity contribution in [2.45, 2.75) is 20.8 Å². The van der Waals surface area contributed by atoms with Crippen molar-refractivity contribution in [1.82, 2.24) is 9.78 Å². The number of hydrogen-bond donors (Lipinski definition) is 0. The molecule has 0 N–H and O–H groups in total. The van der Waals surface area contributed by atoms with Gasteiger partial charge in [0.1, 0.15) is 0 Å². The molecule has 0 bridgehead atoms. The second-order valence-corrected chi connectivity index (χ2v) is 3.96. The van der Waals surface area contributed by atoms with Gasteiger partial charge in [0.25, 0.3) is 0 Å². The van der Waals surface area contributed by atoms with Gasteiger partial charge in [-0.05, 0) is 26.0 Å². The van der Waals surface area contributed by atoms with Gasteiger partial charge in [0.05, 0.1) is 11.4 Å². The van der Waals surface area contributed by atoms with Crippen molar-refractivity contribution in [2.24, 2.45) is 0 Å². The summed E-state index contributed by atoms with van der Waals surface area (Å²) in [5, 5.41) is 4.30. The van der Waals surface area contributed by atoms with Crippen LogP contribution in [0.3, 0.4) is 0 Å². The van der Waals surface area contributed by atoms with E-state index < -0.39 is 0 Å². The first-order valence-corrected chi connectivity index (χ1v) is 5.38. The molecule has 0 aliphatic heterocycles. The maximum Gasteiger partial charge on any atom is 0.309 e. The summed E-state index contributed by atoms with van der Waals surface area (Å²) in [6.45, 7) is 5.25. The second-order valence-electron chi connectivity index (χ2n) is 3.96. The first-order valence-electron chi connectivity index (χ1n) is 5.38. The lowest BCUT2D eigenvalue weighted by molar-refractivity contribution is -0.132. The topological polar surface area (TPSA) is 44.1 Å². The third-order valence-electron chi connectivity index (χ3n) is 2.33. The summed E-state index contributed by atoms with van der Waals surface area (Å²) in [5.74, 6) is 0.0946. The highest BCUT2D eigenvalue weighted by Gasteiger charge is 2.10. The number of benzene rings is 1. The maximum atomic E-state index is 11.0. The molecule has 0 fully saturated rings. The molecule has 0 saturated heterocycles. The summed E-state index contributed by atoms with van der Waals surface area (Å²) in [6, 6.07) is 9.60. The Kier molecular flexibility index (Phi) is 2.95. The first-order chi connectivity index (χ1) is 8.06. The zero-order valence-corrected chi connectivity index (χ0v) is 10.1. The standard InChI is InChI=1S/C13H14N2O2/c1-9-4-6-12(7-5-9)15-13(17-11(3)16)8-10(2)14-15/h4-8H,1-3H3.